The van der Waals surface area contributed by atoms with Gasteiger partial charge in [0.15, 0.2) is 0 Å². The summed E-state index contributed by atoms with van der Waals surface area (Å²) in [6.45, 7) is 0. The van der Waals surface area contributed by atoms with Crippen molar-refractivity contribution in [3.05, 3.63) is 75.0 Å². The van der Waals surface area contributed by atoms with E-state index >= 15 is 0 Å². The second kappa shape index (κ2) is 5.65. The number of benzene rings is 2. The van der Waals surface area contributed by atoms with Crippen LogP contribution in [0.4, 0.5) is 5.82 Å². The third-order valence-electron chi connectivity index (χ3n) is 3.28. The van der Waals surface area contributed by atoms with Crippen LogP contribution in [0.15, 0.2) is 63.9 Å². The van der Waals surface area contributed by atoms with E-state index in [1.807, 2.05) is 6.07 Å². The lowest BCUT2D eigenvalue weighted by Gasteiger charge is -2.12. The molecule has 1 heterocycles. The molecule has 0 aliphatic rings. The number of pyridine rings is 1. The molecule has 0 saturated carbocycles. The molecule has 0 aliphatic carbocycles. The molecule has 3 N–H and O–H groups in total. The van der Waals surface area contributed by atoms with E-state index in [-0.39, 0.29) is 11.4 Å². The van der Waals surface area contributed by atoms with Crippen molar-refractivity contribution in [3.63, 3.8) is 0 Å². The van der Waals surface area contributed by atoms with Crippen LogP contribution in [0.3, 0.4) is 0 Å². The van der Waals surface area contributed by atoms with Gasteiger partial charge in [0.1, 0.15) is 5.82 Å². The van der Waals surface area contributed by atoms with Gasteiger partial charge >= 0.3 is 0 Å². The third kappa shape index (κ3) is 2.60. The van der Waals surface area contributed by atoms with Gasteiger partial charge in [0.25, 0.3) is 11.5 Å². The van der Waals surface area contributed by atoms with Crippen molar-refractivity contribution < 1.29 is 4.79 Å². The first-order valence-electron chi connectivity index (χ1n) is 6.53. The summed E-state index contributed by atoms with van der Waals surface area (Å²) in [7, 11) is 0. The highest BCUT2D eigenvalue weighted by Crippen LogP contribution is 2.13. The van der Waals surface area contributed by atoms with Crippen LogP contribution < -0.4 is 16.7 Å². The minimum atomic E-state index is -0.406. The van der Waals surface area contributed by atoms with Crippen LogP contribution in [0.5, 0.6) is 0 Å². The van der Waals surface area contributed by atoms with Crippen molar-refractivity contribution in [1.29, 1.82) is 0 Å². The average molecular weight is 358 g/mol. The number of amides is 1. The molecule has 0 fully saturated rings. The summed E-state index contributed by atoms with van der Waals surface area (Å²) < 4.78 is 1.93. The van der Waals surface area contributed by atoms with Crippen molar-refractivity contribution in [2.75, 3.05) is 11.2 Å². The molecule has 0 radical (unpaired) electrons. The molecular weight excluding hydrogens is 346 g/mol. The first-order chi connectivity index (χ1) is 10.6. The molecule has 0 unspecified atom stereocenters. The van der Waals surface area contributed by atoms with E-state index in [1.54, 1.807) is 48.5 Å². The van der Waals surface area contributed by atoms with Gasteiger partial charge in [0, 0.05) is 15.4 Å². The molecule has 3 rings (SSSR count). The van der Waals surface area contributed by atoms with Gasteiger partial charge < -0.3 is 5.73 Å². The zero-order chi connectivity index (χ0) is 15.7. The van der Waals surface area contributed by atoms with Crippen LogP contribution in [0, 0.1) is 0 Å². The molecule has 0 spiro atoms. The van der Waals surface area contributed by atoms with Crippen LogP contribution in [0.25, 0.3) is 10.8 Å². The van der Waals surface area contributed by atoms with Gasteiger partial charge in [-0.2, -0.15) is 0 Å². The van der Waals surface area contributed by atoms with Gasteiger partial charge in [-0.3, -0.25) is 15.0 Å². The molecule has 0 saturated heterocycles. The summed E-state index contributed by atoms with van der Waals surface area (Å²) in [4.78, 5) is 24.7. The fourth-order valence-corrected chi connectivity index (χ4v) is 2.43. The van der Waals surface area contributed by atoms with Crippen LogP contribution in [0.1, 0.15) is 10.4 Å². The monoisotopic (exact) mass is 357 g/mol. The lowest BCUT2D eigenvalue weighted by molar-refractivity contribution is 0.101. The minimum absolute atomic E-state index is 0.175. The first kappa shape index (κ1) is 14.3. The number of fused-ring (bicyclic) bond motifs is 1. The van der Waals surface area contributed by atoms with Crippen LogP contribution in [-0.4, -0.2) is 10.6 Å². The van der Waals surface area contributed by atoms with Crippen molar-refractivity contribution in [2.45, 2.75) is 0 Å². The Labute approximate surface area is 134 Å². The molecule has 5 nitrogen and oxygen atoms in total. The highest BCUT2D eigenvalue weighted by molar-refractivity contribution is 9.10. The number of carbonyl (C=O) groups is 1. The standard InChI is InChI=1S/C16H12BrN3O2/c17-12-7-5-10(6-8-12)15(21)19-20-14(18)9-11-3-1-2-4-13(11)16(20)22/h1-9H,18H2,(H,19,21). The molecule has 0 aliphatic heterocycles. The SMILES string of the molecule is Nc1cc2ccccc2c(=O)n1NC(=O)c1ccc(Br)cc1. The Kier molecular flexibility index (Phi) is 3.68. The largest absolute Gasteiger partial charge is 0.384 e. The predicted octanol–water partition coefficient (Wildman–Crippen LogP) is 2.73. The fraction of sp³-hybridized carbons (Fsp3) is 0. The summed E-state index contributed by atoms with van der Waals surface area (Å²) in [6, 6.07) is 15.5. The van der Waals surface area contributed by atoms with E-state index in [1.165, 1.54) is 0 Å². The smallest absolute Gasteiger partial charge is 0.278 e. The summed E-state index contributed by atoms with van der Waals surface area (Å²) >= 11 is 3.30. The third-order valence-corrected chi connectivity index (χ3v) is 3.80. The quantitative estimate of drug-likeness (QED) is 0.740. The molecule has 2 aromatic carbocycles. The molecular formula is C16H12BrN3O2. The Hall–Kier alpha value is -2.60. The molecule has 0 atom stereocenters. The number of nitrogens with one attached hydrogen (secondary N) is 1. The molecule has 0 bridgehead atoms. The van der Waals surface area contributed by atoms with Crippen molar-refractivity contribution >= 4 is 38.4 Å². The number of hydrogen-bond donors (Lipinski definition) is 2. The maximum absolute atomic E-state index is 12.4. The Balaban J connectivity index is 2.02. The summed E-state index contributed by atoms with van der Waals surface area (Å²) in [6.07, 6.45) is 0. The number of nitrogen functional groups attached to an aromatic ring is 1. The maximum Gasteiger partial charge on any atom is 0.278 e. The van der Waals surface area contributed by atoms with E-state index in [9.17, 15) is 9.59 Å². The maximum atomic E-state index is 12.4. The van der Waals surface area contributed by atoms with E-state index < -0.39 is 5.91 Å². The summed E-state index contributed by atoms with van der Waals surface area (Å²) in [5.41, 5.74) is 8.48. The van der Waals surface area contributed by atoms with Gasteiger partial charge in [-0.25, -0.2) is 4.68 Å². The minimum Gasteiger partial charge on any atom is -0.384 e. The number of halogens is 1. The Bertz CT molecular complexity index is 917. The Morgan fingerprint density at radius 1 is 1.09 bits per heavy atom. The number of nitrogens with zero attached hydrogens (tertiary/aromatic N) is 1. The van der Waals surface area contributed by atoms with E-state index in [4.69, 9.17) is 5.73 Å². The zero-order valence-electron chi connectivity index (χ0n) is 11.4. The highest BCUT2D eigenvalue weighted by atomic mass is 79.9. The number of anilines is 1. The molecule has 110 valence electrons. The Morgan fingerprint density at radius 2 is 1.77 bits per heavy atom. The second-order valence-corrected chi connectivity index (χ2v) is 5.66. The van der Waals surface area contributed by atoms with Gasteiger partial charge in [-0.15, -0.1) is 0 Å². The summed E-state index contributed by atoms with van der Waals surface area (Å²) in [5, 5.41) is 1.23. The van der Waals surface area contributed by atoms with E-state index in [0.29, 0.717) is 10.9 Å². The topological polar surface area (TPSA) is 77.1 Å². The van der Waals surface area contributed by atoms with Crippen molar-refractivity contribution in [1.82, 2.24) is 4.68 Å². The van der Waals surface area contributed by atoms with Gasteiger partial charge in [-0.05, 0) is 41.8 Å². The lowest BCUT2D eigenvalue weighted by Crippen LogP contribution is -2.34. The second-order valence-electron chi connectivity index (χ2n) is 4.74. The normalized spacial score (nSPS) is 10.6. The predicted molar refractivity (Wildman–Crippen MR) is 90.5 cm³/mol. The molecule has 3 aromatic rings. The van der Waals surface area contributed by atoms with Gasteiger partial charge in [-0.1, -0.05) is 34.1 Å². The number of nitrogens with two attached hydrogens (primary N) is 1. The van der Waals surface area contributed by atoms with Crippen molar-refractivity contribution in [3.8, 4) is 0 Å². The molecule has 1 aromatic heterocycles. The van der Waals surface area contributed by atoms with Crippen molar-refractivity contribution in [2.24, 2.45) is 0 Å². The Morgan fingerprint density at radius 3 is 2.50 bits per heavy atom. The van der Waals surface area contributed by atoms with Gasteiger partial charge in [0.05, 0.1) is 0 Å². The molecule has 22 heavy (non-hydrogen) atoms. The van der Waals surface area contributed by atoms with Gasteiger partial charge in [0.2, 0.25) is 0 Å². The van der Waals surface area contributed by atoms with Crippen LogP contribution in [0.2, 0.25) is 0 Å². The zero-order valence-corrected chi connectivity index (χ0v) is 13.0. The van der Waals surface area contributed by atoms with Crippen LogP contribution >= 0.6 is 15.9 Å². The molecule has 6 heteroatoms. The number of rotatable bonds is 2. The van der Waals surface area contributed by atoms with E-state index in [0.717, 1.165) is 14.5 Å². The average Bonchev–Trinajstić information content (AvgIpc) is 2.52. The van der Waals surface area contributed by atoms with Crippen LogP contribution in [-0.2, 0) is 0 Å². The van der Waals surface area contributed by atoms with E-state index in [2.05, 4.69) is 21.4 Å². The summed E-state index contributed by atoms with van der Waals surface area (Å²) in [5.74, 6) is -0.231. The lowest BCUT2D eigenvalue weighted by atomic mass is 10.2. The first-order valence-corrected chi connectivity index (χ1v) is 7.33. The molecule has 1 amide bonds. The fourth-order valence-electron chi connectivity index (χ4n) is 2.16. The number of aromatic nitrogens is 1. The number of hydrogen-bond acceptors (Lipinski definition) is 3. The number of carbonyl (C=O) groups excluding carboxylic acids is 1. The highest BCUT2D eigenvalue weighted by Gasteiger charge is 2.11.